The van der Waals surface area contributed by atoms with E-state index in [1.807, 2.05) is 11.9 Å². The molecule has 0 spiro atoms. The van der Waals surface area contributed by atoms with Crippen LogP contribution in [0.3, 0.4) is 0 Å². The minimum absolute atomic E-state index is 0.174. The minimum Gasteiger partial charge on any atom is -0.396 e. The number of nitrogens with one attached hydrogen (secondary N) is 1. The summed E-state index contributed by atoms with van der Waals surface area (Å²) in [5.74, 6) is 0.646. The number of aromatic amines is 1. The molecule has 0 unspecified atom stereocenters. The molecule has 0 aliphatic heterocycles. The molecule has 1 heterocycles. The lowest BCUT2D eigenvalue weighted by molar-refractivity contribution is 0.283. The number of aliphatic hydroxyl groups excluding tert-OH is 1. The second-order valence-electron chi connectivity index (χ2n) is 3.58. The van der Waals surface area contributed by atoms with Crippen LogP contribution in [-0.4, -0.2) is 35.3 Å². The normalized spacial score (nSPS) is 10.4. The van der Waals surface area contributed by atoms with Crippen LogP contribution in [0, 0.1) is 0 Å². The number of rotatable bonds is 6. The summed E-state index contributed by atoms with van der Waals surface area (Å²) in [6, 6.07) is 0. The fourth-order valence-corrected chi connectivity index (χ4v) is 1.90. The molecule has 0 amide bonds. The van der Waals surface area contributed by atoms with Crippen LogP contribution in [0.4, 0.5) is 5.82 Å². The number of anilines is 1. The number of H-pyrrole nitrogens is 1. The number of unbranched alkanes of at least 4 members (excludes halogenated alkanes) is 2. The molecule has 0 atom stereocenters. The van der Waals surface area contributed by atoms with Gasteiger partial charge in [-0.25, -0.2) is 4.98 Å². The Hall–Kier alpha value is -0.880. The summed E-state index contributed by atoms with van der Waals surface area (Å²) in [6.07, 6.45) is 4.16. The first-order chi connectivity index (χ1) is 7.66. The van der Waals surface area contributed by atoms with E-state index in [0.29, 0.717) is 10.3 Å². The first-order valence-corrected chi connectivity index (χ1v) is 6.01. The molecule has 0 fully saturated rings. The van der Waals surface area contributed by atoms with E-state index < -0.39 is 0 Å². The molecule has 0 aliphatic carbocycles. The van der Waals surface area contributed by atoms with Gasteiger partial charge in [-0.05, 0) is 35.2 Å². The fraction of sp³-hybridized carbons (Fsp3) is 0.600. The van der Waals surface area contributed by atoms with Crippen LogP contribution < -0.4 is 10.5 Å². The number of hydrogen-bond donors (Lipinski definition) is 2. The van der Waals surface area contributed by atoms with Gasteiger partial charge in [-0.15, -0.1) is 0 Å². The zero-order valence-corrected chi connectivity index (χ0v) is 10.8. The summed E-state index contributed by atoms with van der Waals surface area (Å²) in [4.78, 5) is 19.9. The minimum atomic E-state index is -0.174. The van der Waals surface area contributed by atoms with E-state index in [4.69, 9.17) is 5.11 Å². The fourth-order valence-electron chi connectivity index (χ4n) is 1.38. The zero-order chi connectivity index (χ0) is 12.0. The smallest absolute Gasteiger partial charge is 0.267 e. The van der Waals surface area contributed by atoms with Crippen LogP contribution in [0.1, 0.15) is 19.3 Å². The van der Waals surface area contributed by atoms with Gasteiger partial charge in [0.05, 0.1) is 6.33 Å². The second kappa shape index (κ2) is 6.65. The summed E-state index contributed by atoms with van der Waals surface area (Å²) in [5.41, 5.74) is -0.174. The van der Waals surface area contributed by atoms with Gasteiger partial charge in [0, 0.05) is 20.2 Å². The van der Waals surface area contributed by atoms with Gasteiger partial charge in [-0.1, -0.05) is 0 Å². The van der Waals surface area contributed by atoms with Crippen LogP contribution in [0.25, 0.3) is 0 Å². The van der Waals surface area contributed by atoms with E-state index in [0.717, 1.165) is 25.8 Å². The molecule has 1 rings (SSSR count). The SMILES string of the molecule is CN(CCCCCO)c1nc[nH]c(=O)c1Br. The van der Waals surface area contributed by atoms with E-state index in [2.05, 4.69) is 25.9 Å². The highest BCUT2D eigenvalue weighted by atomic mass is 79.9. The van der Waals surface area contributed by atoms with Crippen LogP contribution in [0.15, 0.2) is 15.6 Å². The first-order valence-electron chi connectivity index (χ1n) is 5.22. The number of aromatic nitrogens is 2. The molecule has 90 valence electrons. The standard InChI is InChI=1S/C10H16BrN3O2/c1-14(5-3-2-4-6-15)9-8(11)10(16)13-7-12-9/h7,15H,2-6H2,1H3,(H,12,13,16). The summed E-state index contributed by atoms with van der Waals surface area (Å²) in [5, 5.41) is 8.65. The molecule has 0 bridgehead atoms. The van der Waals surface area contributed by atoms with Crippen molar-refractivity contribution < 1.29 is 5.11 Å². The molecule has 2 N–H and O–H groups in total. The molecule has 16 heavy (non-hydrogen) atoms. The first kappa shape index (κ1) is 13.2. The lowest BCUT2D eigenvalue weighted by atomic mass is 10.2. The van der Waals surface area contributed by atoms with Gasteiger partial charge in [-0.2, -0.15) is 0 Å². The highest BCUT2D eigenvalue weighted by Crippen LogP contribution is 2.17. The van der Waals surface area contributed by atoms with Crippen molar-refractivity contribution in [3.05, 3.63) is 21.2 Å². The quantitative estimate of drug-likeness (QED) is 0.771. The highest BCUT2D eigenvalue weighted by molar-refractivity contribution is 9.10. The van der Waals surface area contributed by atoms with Crippen LogP contribution in [0.2, 0.25) is 0 Å². The zero-order valence-electron chi connectivity index (χ0n) is 9.24. The van der Waals surface area contributed by atoms with Crippen LogP contribution in [-0.2, 0) is 0 Å². The predicted molar refractivity (Wildman–Crippen MR) is 66.8 cm³/mol. The monoisotopic (exact) mass is 289 g/mol. The predicted octanol–water partition coefficient (Wildman–Crippen LogP) is 1.13. The Labute approximate surface area is 103 Å². The Morgan fingerprint density at radius 1 is 1.50 bits per heavy atom. The summed E-state index contributed by atoms with van der Waals surface area (Å²) in [7, 11) is 1.89. The maximum Gasteiger partial charge on any atom is 0.267 e. The van der Waals surface area contributed by atoms with Crippen molar-refractivity contribution in [1.82, 2.24) is 9.97 Å². The molecule has 0 aromatic carbocycles. The average molecular weight is 290 g/mol. The third kappa shape index (κ3) is 3.61. The van der Waals surface area contributed by atoms with E-state index in [1.54, 1.807) is 0 Å². The molecular formula is C10H16BrN3O2. The Morgan fingerprint density at radius 2 is 2.25 bits per heavy atom. The molecule has 5 nitrogen and oxygen atoms in total. The highest BCUT2D eigenvalue weighted by Gasteiger charge is 2.09. The van der Waals surface area contributed by atoms with Crippen molar-refractivity contribution in [1.29, 1.82) is 0 Å². The molecule has 0 aliphatic rings. The average Bonchev–Trinajstić information content (AvgIpc) is 2.28. The van der Waals surface area contributed by atoms with E-state index in [9.17, 15) is 4.79 Å². The Bertz CT molecular complexity index is 381. The van der Waals surface area contributed by atoms with Gasteiger partial charge >= 0.3 is 0 Å². The molecule has 6 heteroatoms. The summed E-state index contributed by atoms with van der Waals surface area (Å²) < 4.78 is 0.458. The van der Waals surface area contributed by atoms with Crippen molar-refractivity contribution in [2.24, 2.45) is 0 Å². The number of nitrogens with zero attached hydrogens (tertiary/aromatic N) is 2. The lowest BCUT2D eigenvalue weighted by Gasteiger charge is -2.18. The van der Waals surface area contributed by atoms with Gasteiger partial charge in [0.2, 0.25) is 0 Å². The van der Waals surface area contributed by atoms with Crippen molar-refractivity contribution >= 4 is 21.7 Å². The van der Waals surface area contributed by atoms with E-state index >= 15 is 0 Å². The van der Waals surface area contributed by atoms with Gasteiger partial charge in [0.15, 0.2) is 0 Å². The van der Waals surface area contributed by atoms with Crippen molar-refractivity contribution in [2.75, 3.05) is 25.1 Å². The van der Waals surface area contributed by atoms with Crippen molar-refractivity contribution in [2.45, 2.75) is 19.3 Å². The molecule has 0 saturated heterocycles. The van der Waals surface area contributed by atoms with Gasteiger partial charge in [0.1, 0.15) is 10.3 Å². The Kier molecular flexibility index (Phi) is 5.48. The molecule has 1 aromatic heterocycles. The molecule has 1 aromatic rings. The number of hydrogen-bond acceptors (Lipinski definition) is 4. The molecule has 0 saturated carbocycles. The second-order valence-corrected chi connectivity index (χ2v) is 4.37. The van der Waals surface area contributed by atoms with E-state index in [1.165, 1.54) is 6.33 Å². The van der Waals surface area contributed by atoms with Gasteiger partial charge in [0.25, 0.3) is 5.56 Å². The Balaban J connectivity index is 2.56. The Morgan fingerprint density at radius 3 is 2.94 bits per heavy atom. The maximum absolute atomic E-state index is 11.3. The van der Waals surface area contributed by atoms with E-state index in [-0.39, 0.29) is 12.2 Å². The largest absolute Gasteiger partial charge is 0.396 e. The van der Waals surface area contributed by atoms with Crippen LogP contribution in [0.5, 0.6) is 0 Å². The number of aliphatic hydroxyl groups is 1. The molecule has 0 radical (unpaired) electrons. The van der Waals surface area contributed by atoms with Crippen LogP contribution >= 0.6 is 15.9 Å². The summed E-state index contributed by atoms with van der Waals surface area (Å²) in [6.45, 7) is 1.05. The van der Waals surface area contributed by atoms with Gasteiger partial charge in [-0.3, -0.25) is 4.79 Å². The van der Waals surface area contributed by atoms with Crippen molar-refractivity contribution in [3.63, 3.8) is 0 Å². The maximum atomic E-state index is 11.3. The van der Waals surface area contributed by atoms with Gasteiger partial charge < -0.3 is 15.0 Å². The number of halogens is 1. The van der Waals surface area contributed by atoms with Crippen molar-refractivity contribution in [3.8, 4) is 0 Å². The third-order valence-electron chi connectivity index (χ3n) is 2.29. The topological polar surface area (TPSA) is 69.2 Å². The lowest BCUT2D eigenvalue weighted by Crippen LogP contribution is -2.23. The third-order valence-corrected chi connectivity index (χ3v) is 3.01. The molecular weight excluding hydrogens is 274 g/mol. The summed E-state index contributed by atoms with van der Waals surface area (Å²) >= 11 is 3.22.